The van der Waals surface area contributed by atoms with E-state index in [1.165, 1.54) is 0 Å². The van der Waals surface area contributed by atoms with E-state index in [4.69, 9.17) is 5.11 Å². The van der Waals surface area contributed by atoms with Gasteiger partial charge >= 0.3 is 0 Å². The molecule has 0 saturated heterocycles. The van der Waals surface area contributed by atoms with Gasteiger partial charge in [-0.05, 0) is 6.42 Å². The molecule has 0 bridgehead atoms. The second-order valence-corrected chi connectivity index (χ2v) is 1.56. The van der Waals surface area contributed by atoms with E-state index >= 15 is 0 Å². The van der Waals surface area contributed by atoms with Crippen LogP contribution < -0.4 is 0 Å². The Hall–Kier alpha value is 0.310. The van der Waals surface area contributed by atoms with Gasteiger partial charge in [-0.1, -0.05) is 19.6 Å². The van der Waals surface area contributed by atoms with Crippen molar-refractivity contribution in [1.82, 2.24) is 0 Å². The molecule has 0 rings (SSSR count). The van der Waals surface area contributed by atoms with Crippen LogP contribution in [0.5, 0.6) is 0 Å². The molecule has 0 aliphatic heterocycles. The van der Waals surface area contributed by atoms with Crippen LogP contribution in [0.1, 0.15) is 13.3 Å². The summed E-state index contributed by atoms with van der Waals surface area (Å²) in [5.74, 6) is 0.469. The molecule has 1 N–H and O–H groups in total. The van der Waals surface area contributed by atoms with Crippen molar-refractivity contribution < 1.29 is 5.11 Å². The fraction of sp³-hybridized carbons (Fsp3) is 1.00. The highest BCUT2D eigenvalue weighted by molar-refractivity contribution is 7.80. The predicted octanol–water partition coefficient (Wildman–Crippen LogP) is 0.955. The largest absolute Gasteiger partial charge is 0.392 e. The molecule has 0 aromatic rings. The Kier molecular flexibility index (Phi) is 3.68. The Morgan fingerprint density at radius 2 is 2.33 bits per heavy atom. The van der Waals surface area contributed by atoms with Crippen molar-refractivity contribution in [3.05, 3.63) is 0 Å². The Morgan fingerprint density at radius 3 is 2.33 bits per heavy atom. The van der Waals surface area contributed by atoms with Gasteiger partial charge in [0, 0.05) is 5.75 Å². The second-order valence-electron chi connectivity index (χ2n) is 1.23. The maximum absolute atomic E-state index is 8.56. The summed E-state index contributed by atoms with van der Waals surface area (Å²) in [6.45, 7) is 1.91. The van der Waals surface area contributed by atoms with Gasteiger partial charge in [0.2, 0.25) is 0 Å². The minimum atomic E-state index is -0.250. The van der Waals surface area contributed by atoms with Gasteiger partial charge in [0.25, 0.3) is 0 Å². The molecule has 0 saturated carbocycles. The summed E-state index contributed by atoms with van der Waals surface area (Å²) < 4.78 is 0. The fourth-order valence-corrected chi connectivity index (χ4v) is 0.354. The van der Waals surface area contributed by atoms with Gasteiger partial charge in [0.1, 0.15) is 0 Å². The number of hydrogen-bond acceptors (Lipinski definition) is 1. The van der Waals surface area contributed by atoms with Crippen LogP contribution in [0.25, 0.3) is 0 Å². The minimum Gasteiger partial charge on any atom is -0.392 e. The Balaban J connectivity index is 2.75. The molecule has 0 aromatic carbocycles. The molecule has 0 spiro atoms. The van der Waals surface area contributed by atoms with E-state index < -0.39 is 0 Å². The van der Waals surface area contributed by atoms with E-state index in [2.05, 4.69) is 12.6 Å². The van der Waals surface area contributed by atoms with Gasteiger partial charge in [0.15, 0.2) is 0 Å². The summed E-state index contributed by atoms with van der Waals surface area (Å²) in [6, 6.07) is 0. The Morgan fingerprint density at radius 1 is 1.83 bits per heavy atom. The summed E-state index contributed by atoms with van der Waals surface area (Å²) in [5, 5.41) is 8.56. The number of aliphatic hydroxyl groups excluding tert-OH is 1. The Bertz CT molecular complexity index is 26.7. The average molecular weight is 105 g/mol. The number of rotatable bonds is 2. The first kappa shape index (κ1) is 6.31. The van der Waals surface area contributed by atoms with Crippen molar-refractivity contribution in [2.75, 3.05) is 5.75 Å². The van der Waals surface area contributed by atoms with Crippen LogP contribution in [0.15, 0.2) is 0 Å². The fourth-order valence-electron chi connectivity index (χ4n) is 0.118. The summed E-state index contributed by atoms with van der Waals surface area (Å²) in [6.07, 6.45) is 0.531. The first-order valence-electron chi connectivity index (χ1n) is 2.07. The van der Waals surface area contributed by atoms with E-state index in [9.17, 15) is 0 Å². The van der Waals surface area contributed by atoms with Gasteiger partial charge in [-0.25, -0.2) is 0 Å². The highest BCUT2D eigenvalue weighted by Gasteiger charge is 1.92. The molecule has 1 unspecified atom stereocenters. The molecule has 1 atom stereocenters. The van der Waals surface area contributed by atoms with Crippen molar-refractivity contribution in [2.45, 2.75) is 19.4 Å². The standard InChI is InChI=1S/C4H9OS/c1-2-4(5)3-6/h4-5H,2-3H2,1H3. The zero-order chi connectivity index (χ0) is 4.99. The van der Waals surface area contributed by atoms with Crippen molar-refractivity contribution in [3.63, 3.8) is 0 Å². The third-order valence-corrected chi connectivity index (χ3v) is 1.05. The van der Waals surface area contributed by atoms with Gasteiger partial charge in [0.05, 0.1) is 6.10 Å². The molecule has 0 heterocycles. The van der Waals surface area contributed by atoms with Gasteiger partial charge in [-0.2, -0.15) is 0 Å². The van der Waals surface area contributed by atoms with Crippen molar-refractivity contribution in [3.8, 4) is 0 Å². The topological polar surface area (TPSA) is 20.2 Å². The third kappa shape index (κ3) is 2.54. The molecule has 0 aliphatic carbocycles. The quantitative estimate of drug-likeness (QED) is 0.554. The zero-order valence-electron chi connectivity index (χ0n) is 3.85. The molecule has 6 heavy (non-hydrogen) atoms. The number of hydrogen-bond donors (Lipinski definition) is 1. The predicted molar refractivity (Wildman–Crippen MR) is 28.8 cm³/mol. The van der Waals surface area contributed by atoms with E-state index in [1.807, 2.05) is 6.92 Å². The van der Waals surface area contributed by atoms with Gasteiger partial charge < -0.3 is 5.11 Å². The molecule has 1 nitrogen and oxygen atoms in total. The number of aliphatic hydroxyl groups is 1. The molecule has 0 amide bonds. The van der Waals surface area contributed by atoms with Gasteiger partial charge in [-0.15, -0.1) is 0 Å². The maximum atomic E-state index is 8.56. The smallest absolute Gasteiger partial charge is 0.0636 e. The normalized spacial score (nSPS) is 14.5. The van der Waals surface area contributed by atoms with Crippen molar-refractivity contribution in [1.29, 1.82) is 0 Å². The van der Waals surface area contributed by atoms with E-state index in [-0.39, 0.29) is 6.10 Å². The third-order valence-electron chi connectivity index (χ3n) is 0.664. The summed E-state index contributed by atoms with van der Waals surface area (Å²) >= 11 is 4.52. The highest BCUT2D eigenvalue weighted by atomic mass is 32.1. The SMILES string of the molecule is CCC(O)C[S]. The summed E-state index contributed by atoms with van der Waals surface area (Å²) in [5.41, 5.74) is 0. The minimum absolute atomic E-state index is 0.250. The monoisotopic (exact) mass is 105 g/mol. The van der Waals surface area contributed by atoms with Crippen LogP contribution in [0.3, 0.4) is 0 Å². The van der Waals surface area contributed by atoms with E-state index in [1.54, 1.807) is 0 Å². The van der Waals surface area contributed by atoms with Crippen LogP contribution in [0.4, 0.5) is 0 Å². The molecule has 0 aliphatic rings. The van der Waals surface area contributed by atoms with Crippen molar-refractivity contribution >= 4 is 12.6 Å². The molecular weight excluding hydrogens is 96.1 g/mol. The van der Waals surface area contributed by atoms with Crippen LogP contribution in [0.2, 0.25) is 0 Å². The first-order chi connectivity index (χ1) is 2.81. The van der Waals surface area contributed by atoms with Crippen LogP contribution in [-0.2, 0) is 0 Å². The lowest BCUT2D eigenvalue weighted by atomic mass is 10.3. The van der Waals surface area contributed by atoms with Crippen LogP contribution in [0, 0.1) is 0 Å². The molecule has 0 fully saturated rings. The lowest BCUT2D eigenvalue weighted by Crippen LogP contribution is -2.04. The van der Waals surface area contributed by atoms with E-state index in [0.29, 0.717) is 5.75 Å². The lowest BCUT2D eigenvalue weighted by Gasteiger charge is -1.96. The first-order valence-corrected chi connectivity index (χ1v) is 2.65. The lowest BCUT2D eigenvalue weighted by molar-refractivity contribution is 0.196. The van der Waals surface area contributed by atoms with E-state index in [0.717, 1.165) is 6.42 Å². The zero-order valence-corrected chi connectivity index (χ0v) is 4.66. The summed E-state index contributed by atoms with van der Waals surface area (Å²) in [7, 11) is 0. The molecule has 2 heteroatoms. The van der Waals surface area contributed by atoms with Crippen LogP contribution in [-0.4, -0.2) is 17.0 Å². The molecule has 37 valence electrons. The van der Waals surface area contributed by atoms with Crippen LogP contribution >= 0.6 is 12.6 Å². The Labute approximate surface area is 43.8 Å². The maximum Gasteiger partial charge on any atom is 0.0636 e. The van der Waals surface area contributed by atoms with Crippen molar-refractivity contribution in [2.24, 2.45) is 0 Å². The molecule has 0 aromatic heterocycles. The molecule has 1 radical (unpaired) electrons. The van der Waals surface area contributed by atoms with Gasteiger partial charge in [-0.3, -0.25) is 0 Å². The summed E-state index contributed by atoms with van der Waals surface area (Å²) in [4.78, 5) is 0. The molecular formula is C4H9OS. The second kappa shape index (κ2) is 3.50. The average Bonchev–Trinajstić information content (AvgIpc) is 1.65. The highest BCUT2D eigenvalue weighted by Crippen LogP contribution is 1.89.